The molecule has 2 heterocycles. The molecular formula is C18H18N4. The van der Waals surface area contributed by atoms with Gasteiger partial charge in [-0.1, -0.05) is 24.3 Å². The van der Waals surface area contributed by atoms with E-state index in [4.69, 9.17) is 0 Å². The molecule has 0 aliphatic heterocycles. The predicted octanol–water partition coefficient (Wildman–Crippen LogP) is 3.70. The molecule has 0 aliphatic carbocycles. The fourth-order valence-corrected chi connectivity index (χ4v) is 3.16. The smallest absolute Gasteiger partial charge is 0.106 e. The molecule has 22 heavy (non-hydrogen) atoms. The summed E-state index contributed by atoms with van der Waals surface area (Å²) in [5.41, 5.74) is 4.52. The van der Waals surface area contributed by atoms with E-state index in [2.05, 4.69) is 69.3 Å². The van der Waals surface area contributed by atoms with Crippen molar-refractivity contribution in [1.82, 2.24) is 19.1 Å². The number of imidazole rings is 2. The van der Waals surface area contributed by atoms with Gasteiger partial charge in [0.1, 0.15) is 11.6 Å². The fourth-order valence-electron chi connectivity index (χ4n) is 3.16. The second-order valence-electron chi connectivity index (χ2n) is 5.60. The minimum Gasteiger partial charge on any atom is -0.326 e. The molecule has 0 N–H and O–H groups in total. The van der Waals surface area contributed by atoms with E-state index in [1.165, 1.54) is 11.0 Å². The molecule has 2 aromatic heterocycles. The average molecular weight is 290 g/mol. The first kappa shape index (κ1) is 13.1. The molecule has 0 bridgehead atoms. The lowest BCUT2D eigenvalue weighted by atomic mass is 10.3. The van der Waals surface area contributed by atoms with Gasteiger partial charge in [-0.2, -0.15) is 0 Å². The zero-order valence-corrected chi connectivity index (χ0v) is 12.8. The van der Waals surface area contributed by atoms with Gasteiger partial charge in [-0.3, -0.25) is 0 Å². The molecule has 0 radical (unpaired) electrons. The number of para-hydroxylation sites is 4. The Bertz CT molecular complexity index is 882. The van der Waals surface area contributed by atoms with Crippen molar-refractivity contribution < 1.29 is 0 Å². The first-order valence-electron chi connectivity index (χ1n) is 7.58. The van der Waals surface area contributed by atoms with Crippen molar-refractivity contribution in [2.75, 3.05) is 0 Å². The first-order valence-corrected chi connectivity index (χ1v) is 7.58. The lowest BCUT2D eigenvalue weighted by molar-refractivity contribution is 0.579. The number of aromatic nitrogens is 4. The predicted molar refractivity (Wildman–Crippen MR) is 88.9 cm³/mol. The second kappa shape index (κ2) is 4.98. The Morgan fingerprint density at radius 1 is 0.682 bits per heavy atom. The molecule has 0 unspecified atom stereocenters. The van der Waals surface area contributed by atoms with Crippen molar-refractivity contribution in [1.29, 1.82) is 0 Å². The van der Waals surface area contributed by atoms with Crippen molar-refractivity contribution in [3.63, 3.8) is 0 Å². The van der Waals surface area contributed by atoms with Gasteiger partial charge in [0, 0.05) is 13.1 Å². The Morgan fingerprint density at radius 3 is 1.55 bits per heavy atom. The molecule has 4 rings (SSSR count). The standard InChI is InChI=1S/C18H18N4/c1-13-19-15-7-3-5-9-17(15)21(13)11-12-22-14(2)20-16-8-4-6-10-18(16)22/h3-10H,11-12H2,1-2H3. The van der Waals surface area contributed by atoms with Gasteiger partial charge < -0.3 is 9.13 Å². The van der Waals surface area contributed by atoms with E-state index in [9.17, 15) is 0 Å². The SMILES string of the molecule is Cc1nc2ccccc2n1CCn1c(C)nc2ccccc21. The molecule has 2 aromatic carbocycles. The van der Waals surface area contributed by atoms with Crippen LogP contribution in [0.25, 0.3) is 22.1 Å². The molecule has 0 saturated heterocycles. The molecule has 0 saturated carbocycles. The molecular weight excluding hydrogens is 272 g/mol. The minimum absolute atomic E-state index is 0.896. The first-order chi connectivity index (χ1) is 10.7. The highest BCUT2D eigenvalue weighted by atomic mass is 15.1. The van der Waals surface area contributed by atoms with Gasteiger partial charge in [-0.15, -0.1) is 0 Å². The molecule has 4 nitrogen and oxygen atoms in total. The van der Waals surface area contributed by atoms with E-state index in [0.717, 1.165) is 35.8 Å². The summed E-state index contributed by atoms with van der Waals surface area (Å²) >= 11 is 0. The van der Waals surface area contributed by atoms with Crippen LogP contribution < -0.4 is 0 Å². The molecule has 4 aromatic rings. The Kier molecular flexibility index (Phi) is 2.96. The number of fused-ring (bicyclic) bond motifs is 2. The number of benzene rings is 2. The topological polar surface area (TPSA) is 35.6 Å². The minimum atomic E-state index is 0.896. The number of rotatable bonds is 3. The van der Waals surface area contributed by atoms with Crippen molar-refractivity contribution in [3.8, 4) is 0 Å². The Balaban J connectivity index is 1.72. The highest BCUT2D eigenvalue weighted by Crippen LogP contribution is 2.18. The highest BCUT2D eigenvalue weighted by Gasteiger charge is 2.09. The van der Waals surface area contributed by atoms with E-state index in [0.29, 0.717) is 0 Å². The van der Waals surface area contributed by atoms with Crippen LogP contribution in [0.1, 0.15) is 11.6 Å². The van der Waals surface area contributed by atoms with E-state index >= 15 is 0 Å². The van der Waals surface area contributed by atoms with Gasteiger partial charge in [0.05, 0.1) is 22.1 Å². The highest BCUT2D eigenvalue weighted by molar-refractivity contribution is 5.76. The van der Waals surface area contributed by atoms with Crippen molar-refractivity contribution >= 4 is 22.1 Å². The number of hydrogen-bond acceptors (Lipinski definition) is 2. The molecule has 0 spiro atoms. The van der Waals surface area contributed by atoms with Crippen LogP contribution in [0.3, 0.4) is 0 Å². The summed E-state index contributed by atoms with van der Waals surface area (Å²) in [4.78, 5) is 9.27. The summed E-state index contributed by atoms with van der Waals surface area (Å²) < 4.78 is 4.56. The quantitative estimate of drug-likeness (QED) is 0.576. The van der Waals surface area contributed by atoms with E-state index in [1.54, 1.807) is 0 Å². The second-order valence-corrected chi connectivity index (χ2v) is 5.60. The summed E-state index contributed by atoms with van der Waals surface area (Å²) in [5, 5.41) is 0. The zero-order valence-electron chi connectivity index (χ0n) is 12.8. The van der Waals surface area contributed by atoms with Gasteiger partial charge in [0.2, 0.25) is 0 Å². The lowest BCUT2D eigenvalue weighted by Gasteiger charge is -2.10. The summed E-state index contributed by atoms with van der Waals surface area (Å²) in [6.07, 6.45) is 0. The van der Waals surface area contributed by atoms with Crippen LogP contribution >= 0.6 is 0 Å². The van der Waals surface area contributed by atoms with Crippen LogP contribution in [-0.2, 0) is 13.1 Å². The fraction of sp³-hybridized carbons (Fsp3) is 0.222. The third-order valence-corrected chi connectivity index (χ3v) is 4.24. The van der Waals surface area contributed by atoms with Crippen LogP contribution in [0, 0.1) is 13.8 Å². The largest absolute Gasteiger partial charge is 0.326 e. The molecule has 4 heteroatoms. The van der Waals surface area contributed by atoms with Crippen LogP contribution in [0.5, 0.6) is 0 Å². The summed E-state index contributed by atoms with van der Waals surface area (Å²) in [5.74, 6) is 2.12. The van der Waals surface area contributed by atoms with Crippen molar-refractivity contribution in [2.45, 2.75) is 26.9 Å². The van der Waals surface area contributed by atoms with Crippen LogP contribution in [0.2, 0.25) is 0 Å². The van der Waals surface area contributed by atoms with E-state index < -0.39 is 0 Å². The Hall–Kier alpha value is -2.62. The average Bonchev–Trinajstić information content (AvgIpc) is 3.01. The summed E-state index contributed by atoms with van der Waals surface area (Å²) in [7, 11) is 0. The molecule has 110 valence electrons. The maximum Gasteiger partial charge on any atom is 0.106 e. The zero-order chi connectivity index (χ0) is 15.1. The van der Waals surface area contributed by atoms with Crippen LogP contribution in [0.15, 0.2) is 48.5 Å². The maximum atomic E-state index is 4.64. The van der Waals surface area contributed by atoms with Gasteiger partial charge in [0.25, 0.3) is 0 Å². The monoisotopic (exact) mass is 290 g/mol. The lowest BCUT2D eigenvalue weighted by Crippen LogP contribution is -2.09. The van der Waals surface area contributed by atoms with Gasteiger partial charge in [-0.25, -0.2) is 9.97 Å². The third kappa shape index (κ3) is 1.99. The molecule has 0 fully saturated rings. The summed E-state index contributed by atoms with van der Waals surface area (Å²) in [6.45, 7) is 5.93. The van der Waals surface area contributed by atoms with E-state index in [-0.39, 0.29) is 0 Å². The van der Waals surface area contributed by atoms with Gasteiger partial charge in [-0.05, 0) is 38.1 Å². The van der Waals surface area contributed by atoms with Gasteiger partial charge >= 0.3 is 0 Å². The molecule has 0 atom stereocenters. The number of hydrogen-bond donors (Lipinski definition) is 0. The van der Waals surface area contributed by atoms with Gasteiger partial charge in [0.15, 0.2) is 0 Å². The summed E-state index contributed by atoms with van der Waals surface area (Å²) in [6, 6.07) is 16.6. The molecule has 0 aliphatic rings. The Labute approximate surface area is 129 Å². The Morgan fingerprint density at radius 2 is 1.09 bits per heavy atom. The normalized spacial score (nSPS) is 11.5. The van der Waals surface area contributed by atoms with Crippen LogP contribution in [-0.4, -0.2) is 19.1 Å². The third-order valence-electron chi connectivity index (χ3n) is 4.24. The van der Waals surface area contributed by atoms with Crippen molar-refractivity contribution in [3.05, 3.63) is 60.2 Å². The number of nitrogens with zero attached hydrogens (tertiary/aromatic N) is 4. The van der Waals surface area contributed by atoms with Crippen LogP contribution in [0.4, 0.5) is 0 Å². The van der Waals surface area contributed by atoms with E-state index in [1.807, 2.05) is 12.1 Å². The number of aryl methyl sites for hydroxylation is 4. The molecule has 0 amide bonds. The maximum absolute atomic E-state index is 4.64. The van der Waals surface area contributed by atoms with Crippen molar-refractivity contribution in [2.24, 2.45) is 0 Å².